The van der Waals surface area contributed by atoms with E-state index < -0.39 is 11.1 Å². The summed E-state index contributed by atoms with van der Waals surface area (Å²) >= 11 is 0. The van der Waals surface area contributed by atoms with Gasteiger partial charge in [0, 0.05) is 24.6 Å². The quantitative estimate of drug-likeness (QED) is 0.683. The van der Waals surface area contributed by atoms with Crippen molar-refractivity contribution in [3.63, 3.8) is 0 Å². The van der Waals surface area contributed by atoms with Gasteiger partial charge in [-0.15, -0.1) is 0 Å². The van der Waals surface area contributed by atoms with Crippen LogP contribution in [0.25, 0.3) is 5.69 Å². The summed E-state index contributed by atoms with van der Waals surface area (Å²) in [6.07, 6.45) is 3.65. The van der Waals surface area contributed by atoms with Crippen LogP contribution in [0, 0.1) is 0 Å². The molecule has 0 radical (unpaired) electrons. The highest BCUT2D eigenvalue weighted by Crippen LogP contribution is 2.02. The van der Waals surface area contributed by atoms with Crippen LogP contribution >= 0.6 is 0 Å². The molecule has 26 heavy (non-hydrogen) atoms. The second-order valence-corrected chi connectivity index (χ2v) is 5.83. The number of rotatable bonds is 6. The van der Waals surface area contributed by atoms with Crippen molar-refractivity contribution in [2.24, 2.45) is 0 Å². The third-order valence-corrected chi connectivity index (χ3v) is 3.99. The van der Waals surface area contributed by atoms with Crippen LogP contribution in [0.3, 0.4) is 0 Å². The van der Waals surface area contributed by atoms with E-state index in [1.807, 2.05) is 36.4 Å². The largest absolute Gasteiger partial charge is 0.354 e. The van der Waals surface area contributed by atoms with E-state index in [0.29, 0.717) is 18.7 Å². The van der Waals surface area contributed by atoms with Crippen molar-refractivity contribution in [2.75, 3.05) is 6.54 Å². The third kappa shape index (κ3) is 4.16. The summed E-state index contributed by atoms with van der Waals surface area (Å²) in [6, 6.07) is 18.7. The monoisotopic (exact) mass is 349 g/mol. The Morgan fingerprint density at radius 2 is 1.50 bits per heavy atom. The molecule has 0 saturated carbocycles. The number of carbonyl (C=O) groups excluding carboxylic acids is 1. The maximum atomic E-state index is 12.3. The molecule has 2 aromatic carbocycles. The summed E-state index contributed by atoms with van der Waals surface area (Å²) in [4.78, 5) is 36.6. The summed E-state index contributed by atoms with van der Waals surface area (Å²) in [5.41, 5.74) is 0.315. The van der Waals surface area contributed by atoms with E-state index in [4.69, 9.17) is 0 Å². The highest BCUT2D eigenvalue weighted by atomic mass is 16.2. The van der Waals surface area contributed by atoms with Crippen molar-refractivity contribution in [3.8, 4) is 5.69 Å². The van der Waals surface area contributed by atoms with Gasteiger partial charge in [0.15, 0.2) is 0 Å². The zero-order valence-electron chi connectivity index (χ0n) is 14.2. The van der Waals surface area contributed by atoms with Crippen LogP contribution in [-0.4, -0.2) is 21.6 Å². The number of amides is 1. The Hall–Kier alpha value is -3.41. The van der Waals surface area contributed by atoms with E-state index in [0.717, 1.165) is 10.1 Å². The Labute approximate surface area is 150 Å². The van der Waals surface area contributed by atoms with E-state index in [1.165, 1.54) is 17.0 Å². The van der Waals surface area contributed by atoms with Gasteiger partial charge in [-0.05, 0) is 24.1 Å². The standard InChI is InChI=1S/C20H19N3O3/c24-18(21-12-11-16-7-3-1-4-8-16)15-22-13-14-23(20(26)19(22)25)17-9-5-2-6-10-17/h1-10,13-14H,11-12,15H2,(H,21,24). The Balaban J connectivity index is 1.65. The number of hydrogen-bond acceptors (Lipinski definition) is 3. The van der Waals surface area contributed by atoms with Crippen LogP contribution in [-0.2, 0) is 17.8 Å². The lowest BCUT2D eigenvalue weighted by Crippen LogP contribution is -2.42. The predicted octanol–water partition coefficient (Wildman–Crippen LogP) is 1.36. The molecule has 132 valence electrons. The fraction of sp³-hybridized carbons (Fsp3) is 0.150. The van der Waals surface area contributed by atoms with E-state index in [2.05, 4.69) is 5.32 Å². The molecule has 1 aromatic heterocycles. The molecule has 0 bridgehead atoms. The Morgan fingerprint density at radius 1 is 0.846 bits per heavy atom. The average molecular weight is 349 g/mol. The van der Waals surface area contributed by atoms with Crippen molar-refractivity contribution in [1.29, 1.82) is 0 Å². The topological polar surface area (TPSA) is 73.1 Å². The van der Waals surface area contributed by atoms with E-state index >= 15 is 0 Å². The molecule has 1 N–H and O–H groups in total. The van der Waals surface area contributed by atoms with E-state index in [9.17, 15) is 14.4 Å². The number of nitrogens with zero attached hydrogens (tertiary/aromatic N) is 2. The molecule has 1 amide bonds. The zero-order valence-corrected chi connectivity index (χ0v) is 14.2. The number of para-hydroxylation sites is 1. The maximum Gasteiger partial charge on any atom is 0.320 e. The molecule has 3 aromatic rings. The van der Waals surface area contributed by atoms with Crippen LogP contribution in [0.15, 0.2) is 82.6 Å². The minimum absolute atomic E-state index is 0.182. The van der Waals surface area contributed by atoms with Crippen molar-refractivity contribution in [1.82, 2.24) is 14.5 Å². The molecule has 0 aliphatic rings. The normalized spacial score (nSPS) is 10.5. The zero-order chi connectivity index (χ0) is 18.4. The number of benzene rings is 2. The molecular weight excluding hydrogens is 330 g/mol. The molecule has 0 aliphatic heterocycles. The minimum atomic E-state index is -0.727. The lowest BCUT2D eigenvalue weighted by Gasteiger charge is -2.09. The first kappa shape index (κ1) is 17.4. The summed E-state index contributed by atoms with van der Waals surface area (Å²) in [5, 5.41) is 2.77. The molecule has 6 heteroatoms. The van der Waals surface area contributed by atoms with Crippen LogP contribution < -0.4 is 16.4 Å². The summed E-state index contributed by atoms with van der Waals surface area (Å²) in [7, 11) is 0. The molecule has 0 aliphatic carbocycles. The molecular formula is C20H19N3O3. The van der Waals surface area contributed by atoms with Crippen LogP contribution in [0.1, 0.15) is 5.56 Å². The van der Waals surface area contributed by atoms with Crippen molar-refractivity contribution in [2.45, 2.75) is 13.0 Å². The number of nitrogens with one attached hydrogen (secondary N) is 1. The molecule has 0 atom stereocenters. The molecule has 0 fully saturated rings. The predicted molar refractivity (Wildman–Crippen MR) is 99.5 cm³/mol. The van der Waals surface area contributed by atoms with Gasteiger partial charge in [-0.3, -0.25) is 23.5 Å². The molecule has 1 heterocycles. The van der Waals surface area contributed by atoms with Crippen LogP contribution in [0.2, 0.25) is 0 Å². The van der Waals surface area contributed by atoms with Gasteiger partial charge in [0.05, 0.1) is 0 Å². The second kappa shape index (κ2) is 8.11. The maximum absolute atomic E-state index is 12.3. The van der Waals surface area contributed by atoms with Gasteiger partial charge in [-0.25, -0.2) is 0 Å². The van der Waals surface area contributed by atoms with Crippen molar-refractivity contribution in [3.05, 3.63) is 99.3 Å². The van der Waals surface area contributed by atoms with Gasteiger partial charge < -0.3 is 5.32 Å². The van der Waals surface area contributed by atoms with Gasteiger partial charge in [0.1, 0.15) is 6.54 Å². The average Bonchev–Trinajstić information content (AvgIpc) is 2.67. The van der Waals surface area contributed by atoms with Crippen LogP contribution in [0.4, 0.5) is 0 Å². The van der Waals surface area contributed by atoms with Gasteiger partial charge in [-0.1, -0.05) is 48.5 Å². The molecule has 0 unspecified atom stereocenters. The fourth-order valence-electron chi connectivity index (χ4n) is 2.63. The van der Waals surface area contributed by atoms with Crippen molar-refractivity contribution < 1.29 is 4.79 Å². The summed E-state index contributed by atoms with van der Waals surface area (Å²) in [6.45, 7) is 0.289. The molecule has 3 rings (SSSR count). The summed E-state index contributed by atoms with van der Waals surface area (Å²) in [5.74, 6) is -0.306. The number of hydrogen-bond donors (Lipinski definition) is 1. The first-order valence-corrected chi connectivity index (χ1v) is 8.33. The van der Waals surface area contributed by atoms with E-state index in [-0.39, 0.29) is 12.5 Å². The first-order valence-electron chi connectivity index (χ1n) is 8.33. The molecule has 0 saturated heterocycles. The van der Waals surface area contributed by atoms with Crippen molar-refractivity contribution >= 4 is 5.91 Å². The first-order chi connectivity index (χ1) is 12.6. The van der Waals surface area contributed by atoms with E-state index in [1.54, 1.807) is 24.3 Å². The Kier molecular flexibility index (Phi) is 5.43. The van der Waals surface area contributed by atoms with Gasteiger partial charge in [0.2, 0.25) is 5.91 Å². The Bertz CT molecular complexity index is 992. The van der Waals surface area contributed by atoms with Crippen LogP contribution in [0.5, 0.6) is 0 Å². The fourth-order valence-corrected chi connectivity index (χ4v) is 2.63. The third-order valence-electron chi connectivity index (χ3n) is 3.99. The lowest BCUT2D eigenvalue weighted by atomic mass is 10.1. The number of carbonyl (C=O) groups is 1. The van der Waals surface area contributed by atoms with Gasteiger partial charge in [0.25, 0.3) is 0 Å². The highest BCUT2D eigenvalue weighted by molar-refractivity contribution is 5.75. The van der Waals surface area contributed by atoms with Gasteiger partial charge >= 0.3 is 11.1 Å². The second-order valence-electron chi connectivity index (χ2n) is 5.83. The molecule has 0 spiro atoms. The lowest BCUT2D eigenvalue weighted by molar-refractivity contribution is -0.121. The highest BCUT2D eigenvalue weighted by Gasteiger charge is 2.09. The minimum Gasteiger partial charge on any atom is -0.354 e. The smallest absolute Gasteiger partial charge is 0.320 e. The Morgan fingerprint density at radius 3 is 2.19 bits per heavy atom. The number of aromatic nitrogens is 2. The SMILES string of the molecule is O=C(Cn1ccn(-c2ccccc2)c(=O)c1=O)NCCc1ccccc1. The summed E-state index contributed by atoms with van der Waals surface area (Å²) < 4.78 is 2.39. The molecule has 6 nitrogen and oxygen atoms in total. The van der Waals surface area contributed by atoms with Gasteiger partial charge in [-0.2, -0.15) is 0 Å².